The highest BCUT2D eigenvalue weighted by Crippen LogP contribution is 2.41. The Morgan fingerprint density at radius 1 is 1.10 bits per heavy atom. The number of Topliss-reactive ketones (excluding diaryl/α,β-unsaturated/α-hetero) is 1. The lowest BCUT2D eigenvalue weighted by molar-refractivity contribution is -0.290. The van der Waals surface area contributed by atoms with Gasteiger partial charge in [0.15, 0.2) is 12.1 Å². The minimum atomic E-state index is -1.80. The number of nitrogens with zero attached hydrogens (tertiary/aromatic N) is 2. The van der Waals surface area contributed by atoms with E-state index >= 15 is 0 Å². The normalized spacial score (nSPS) is 43.3. The molecule has 50 heavy (non-hydrogen) atoms. The number of amides is 1. The maximum atomic E-state index is 13.7. The fourth-order valence-corrected chi connectivity index (χ4v) is 8.33. The number of ketones is 1. The fraction of sp³-hybridized carbons (Fsp3) is 0.842. The lowest BCUT2D eigenvalue weighted by Gasteiger charge is -2.49. The smallest absolute Gasteiger partial charge is 0.311 e. The van der Waals surface area contributed by atoms with E-state index in [0.717, 1.165) is 6.42 Å². The van der Waals surface area contributed by atoms with Crippen LogP contribution in [0.2, 0.25) is 0 Å². The Hall–Kier alpha value is -2.24. The molecule has 3 saturated heterocycles. The van der Waals surface area contributed by atoms with Crippen LogP contribution in [0.1, 0.15) is 94.9 Å². The van der Waals surface area contributed by atoms with E-state index in [1.807, 2.05) is 27.8 Å². The fourth-order valence-electron chi connectivity index (χ4n) is 8.33. The van der Waals surface area contributed by atoms with Gasteiger partial charge in [0.05, 0.1) is 35.9 Å². The van der Waals surface area contributed by atoms with Crippen molar-refractivity contribution in [2.45, 2.75) is 149 Å². The van der Waals surface area contributed by atoms with Crippen LogP contribution >= 0.6 is 0 Å². The second-order valence-corrected chi connectivity index (χ2v) is 15.5. The number of cyclic esters (lactones) is 1. The summed E-state index contributed by atoms with van der Waals surface area (Å²) >= 11 is 0. The first kappa shape index (κ1) is 42.2. The predicted octanol–water partition coefficient (Wildman–Crippen LogP) is 3.58. The van der Waals surface area contributed by atoms with E-state index in [1.165, 1.54) is 13.8 Å². The van der Waals surface area contributed by atoms with Crippen molar-refractivity contribution in [2.24, 2.45) is 34.6 Å². The van der Waals surface area contributed by atoms with E-state index in [0.29, 0.717) is 18.7 Å². The average molecular weight is 707 g/mol. The number of rotatable bonds is 6. The highest BCUT2D eigenvalue weighted by atomic mass is 16.7. The first-order valence-corrected chi connectivity index (χ1v) is 18.2. The Bertz CT molecular complexity index is 1260. The van der Waals surface area contributed by atoms with Crippen molar-refractivity contribution < 1.29 is 48.3 Å². The van der Waals surface area contributed by atoms with E-state index < -0.39 is 84.1 Å². The molecule has 3 fully saturated rings. The molecule has 14 atom stereocenters. The molecule has 3 aliphatic rings. The van der Waals surface area contributed by atoms with E-state index in [2.05, 4.69) is 22.7 Å². The third-order valence-corrected chi connectivity index (χ3v) is 11.2. The standard InChI is InChI=1S/C38H62N2O10/c1-13-15-16-40(12)29-17-22(4)48-36(23(29)5)50-33-25(7)32(43)26(8)35(44)49-30(14-2)38(11,45)34-24(6)31(39-27(9)41)21(3)18-37(33,10)47-20-28(42)19-46-34/h1,21-26,29-30,32-34,36,43,45H,14-20H2,2-12H3/t21-,22-,23-,24+,25+,26-,29+,30-,32+,33-,34-,36?,37-,38-/m1/s1. The molecule has 2 N–H and O–H groups in total. The van der Waals surface area contributed by atoms with Crippen molar-refractivity contribution in [3.8, 4) is 12.3 Å². The Labute approximate surface area is 299 Å². The van der Waals surface area contributed by atoms with Gasteiger partial charge in [-0.15, -0.1) is 12.3 Å². The van der Waals surface area contributed by atoms with Gasteiger partial charge in [-0.2, -0.15) is 0 Å². The third-order valence-electron chi connectivity index (χ3n) is 11.2. The minimum Gasteiger partial charge on any atom is -0.459 e. The summed E-state index contributed by atoms with van der Waals surface area (Å²) in [6, 6.07) is 0.0783. The van der Waals surface area contributed by atoms with Crippen LogP contribution in [-0.4, -0.2) is 119 Å². The van der Waals surface area contributed by atoms with E-state index in [9.17, 15) is 24.6 Å². The van der Waals surface area contributed by atoms with Gasteiger partial charge in [0.25, 0.3) is 0 Å². The highest BCUT2D eigenvalue weighted by molar-refractivity contribution is 5.98. The van der Waals surface area contributed by atoms with Crippen molar-refractivity contribution in [1.82, 2.24) is 4.90 Å². The second-order valence-electron chi connectivity index (χ2n) is 15.5. The van der Waals surface area contributed by atoms with Crippen LogP contribution in [-0.2, 0) is 38.1 Å². The summed E-state index contributed by atoms with van der Waals surface area (Å²) < 4.78 is 32.1. The molecule has 3 rings (SSSR count). The van der Waals surface area contributed by atoms with Crippen molar-refractivity contribution in [3.63, 3.8) is 0 Å². The van der Waals surface area contributed by atoms with Crippen LogP contribution < -0.4 is 0 Å². The molecule has 2 bridgehead atoms. The average Bonchev–Trinajstić information content (AvgIpc) is 3.06. The van der Waals surface area contributed by atoms with E-state index in [1.54, 1.807) is 27.7 Å². The number of aliphatic hydroxyl groups is 2. The molecule has 12 nitrogen and oxygen atoms in total. The summed E-state index contributed by atoms with van der Waals surface area (Å²) in [5, 5.41) is 24.0. The number of aliphatic imine (C=N–C) groups is 1. The Balaban J connectivity index is 2.25. The summed E-state index contributed by atoms with van der Waals surface area (Å²) in [6.07, 6.45) is 2.10. The van der Waals surface area contributed by atoms with Crippen LogP contribution in [0.3, 0.4) is 0 Å². The Morgan fingerprint density at radius 2 is 1.76 bits per heavy atom. The molecule has 3 heterocycles. The van der Waals surface area contributed by atoms with E-state index in [-0.39, 0.29) is 43.3 Å². The summed E-state index contributed by atoms with van der Waals surface area (Å²) in [6.45, 7) is 17.5. The largest absolute Gasteiger partial charge is 0.459 e. The van der Waals surface area contributed by atoms with Gasteiger partial charge in [-0.05, 0) is 59.9 Å². The monoisotopic (exact) mass is 706 g/mol. The molecule has 12 heteroatoms. The first-order chi connectivity index (χ1) is 23.3. The summed E-state index contributed by atoms with van der Waals surface area (Å²) in [5.41, 5.74) is -2.64. The van der Waals surface area contributed by atoms with Gasteiger partial charge in [0.2, 0.25) is 5.91 Å². The van der Waals surface area contributed by atoms with Crippen molar-refractivity contribution in [1.29, 1.82) is 0 Å². The molecule has 0 aromatic heterocycles. The molecule has 0 aliphatic carbocycles. The Kier molecular flexibility index (Phi) is 14.8. The third kappa shape index (κ3) is 9.59. The second kappa shape index (κ2) is 17.5. The van der Waals surface area contributed by atoms with Gasteiger partial charge in [0.1, 0.15) is 24.9 Å². The molecular weight excluding hydrogens is 644 g/mol. The maximum Gasteiger partial charge on any atom is 0.311 e. The number of carbonyl (C=O) groups is 3. The summed E-state index contributed by atoms with van der Waals surface area (Å²) in [4.78, 5) is 46.4. The molecule has 0 saturated carbocycles. The molecule has 3 aliphatic heterocycles. The van der Waals surface area contributed by atoms with Gasteiger partial charge in [-0.3, -0.25) is 14.4 Å². The van der Waals surface area contributed by atoms with Crippen molar-refractivity contribution >= 4 is 23.4 Å². The molecule has 0 aromatic rings. The summed E-state index contributed by atoms with van der Waals surface area (Å²) in [5.74, 6) is -1.84. The molecule has 0 aromatic carbocycles. The Morgan fingerprint density at radius 3 is 2.36 bits per heavy atom. The number of ether oxygens (including phenoxy) is 5. The van der Waals surface area contributed by atoms with Crippen LogP contribution in [0.5, 0.6) is 0 Å². The van der Waals surface area contributed by atoms with Crippen molar-refractivity contribution in [2.75, 3.05) is 26.8 Å². The predicted molar refractivity (Wildman–Crippen MR) is 188 cm³/mol. The maximum absolute atomic E-state index is 13.7. The van der Waals surface area contributed by atoms with Gasteiger partial charge in [0, 0.05) is 49.4 Å². The number of esters is 1. The molecule has 1 unspecified atom stereocenters. The first-order valence-electron chi connectivity index (χ1n) is 18.2. The lowest BCUT2D eigenvalue weighted by atomic mass is 9.73. The van der Waals surface area contributed by atoms with Crippen LogP contribution in [0.15, 0.2) is 4.99 Å². The van der Waals surface area contributed by atoms with Gasteiger partial charge >= 0.3 is 5.97 Å². The highest BCUT2D eigenvalue weighted by Gasteiger charge is 2.53. The number of hydrogen-bond acceptors (Lipinski definition) is 11. The quantitative estimate of drug-likeness (QED) is 0.308. The molecule has 284 valence electrons. The molecule has 1 amide bonds. The summed E-state index contributed by atoms with van der Waals surface area (Å²) in [7, 11) is 2.03. The molecular formula is C38H62N2O10. The zero-order valence-corrected chi connectivity index (χ0v) is 32.0. The van der Waals surface area contributed by atoms with Crippen LogP contribution in [0.4, 0.5) is 0 Å². The number of aliphatic hydroxyl groups excluding tert-OH is 1. The van der Waals surface area contributed by atoms with Crippen molar-refractivity contribution in [3.05, 3.63) is 0 Å². The topological polar surface area (TPSA) is 153 Å². The van der Waals surface area contributed by atoms with Gasteiger partial charge < -0.3 is 38.8 Å². The SMILES string of the molecule is C#CCCN(C)[C@H]1C[C@@H](C)OC(O[C@@H]2[C@@H](C)[C@H](O)[C@@H](C)C(=O)O[C@H](CC)[C@@](C)(O)[C@@H]3OCC(=O)CO[C@]2(C)C[C@@H](C)C(=NC(C)=O)[C@@H]3C)[C@@H]1C. The lowest BCUT2D eigenvalue weighted by Crippen LogP contribution is -2.59. The number of fused-ring (bicyclic) bond motifs is 5. The number of terminal acetylenes is 1. The van der Waals surface area contributed by atoms with Gasteiger partial charge in [-0.25, -0.2) is 4.99 Å². The number of carbonyl (C=O) groups excluding carboxylic acids is 3. The van der Waals surface area contributed by atoms with Crippen LogP contribution in [0, 0.1) is 41.9 Å². The zero-order valence-electron chi connectivity index (χ0n) is 32.0. The van der Waals surface area contributed by atoms with Gasteiger partial charge in [-0.1, -0.05) is 34.6 Å². The zero-order chi connectivity index (χ0) is 37.7. The van der Waals surface area contributed by atoms with Crippen LogP contribution in [0.25, 0.3) is 0 Å². The molecule has 0 spiro atoms. The molecule has 0 radical (unpaired) electrons. The minimum absolute atomic E-state index is 0.0783. The van der Waals surface area contributed by atoms with E-state index in [4.69, 9.17) is 30.1 Å². The number of hydrogen-bond donors (Lipinski definition) is 2.